The van der Waals surface area contributed by atoms with E-state index in [2.05, 4.69) is 5.92 Å². The molecule has 1 aliphatic carbocycles. The van der Waals surface area contributed by atoms with Gasteiger partial charge in [-0.1, -0.05) is 37.5 Å². The van der Waals surface area contributed by atoms with Crippen molar-refractivity contribution in [1.29, 1.82) is 0 Å². The van der Waals surface area contributed by atoms with Crippen molar-refractivity contribution in [1.82, 2.24) is 9.55 Å². The normalized spacial score (nSPS) is 17.6. The Kier molecular flexibility index (Phi) is 8.20. The molecule has 1 fully saturated rings. The number of alkyl halides is 3. The lowest BCUT2D eigenvalue weighted by Gasteiger charge is -2.31. The number of rotatable bonds is 8. The number of Topliss-reactive ketones (excluding diaryl/α,β-unsaturated/α-hetero) is 2. The molecule has 0 radical (unpaired) electrons. The van der Waals surface area contributed by atoms with E-state index in [9.17, 15) is 22.8 Å². The largest absolute Gasteiger partial charge is 0.446 e. The third kappa shape index (κ3) is 6.03. The van der Waals surface area contributed by atoms with Gasteiger partial charge in [0, 0.05) is 34.9 Å². The summed E-state index contributed by atoms with van der Waals surface area (Å²) in [6, 6.07) is 15.2. The number of fused-ring (bicyclic) bond motifs is 1. The van der Waals surface area contributed by atoms with Crippen molar-refractivity contribution in [2.24, 2.45) is 5.92 Å². The van der Waals surface area contributed by atoms with Crippen molar-refractivity contribution in [2.75, 3.05) is 0 Å². The van der Waals surface area contributed by atoms with Gasteiger partial charge in [-0.05, 0) is 73.3 Å². The highest BCUT2D eigenvalue weighted by molar-refractivity contribution is 8.00. The van der Waals surface area contributed by atoms with Gasteiger partial charge in [0.15, 0.2) is 11.6 Å². The number of benzene rings is 2. The highest BCUT2D eigenvalue weighted by Gasteiger charge is 2.33. The Morgan fingerprint density at radius 3 is 2.65 bits per heavy atom. The van der Waals surface area contributed by atoms with Gasteiger partial charge in [-0.15, -0.1) is 17.8 Å². The molecule has 9 heteroatoms. The minimum Gasteiger partial charge on any atom is -0.321 e. The van der Waals surface area contributed by atoms with E-state index in [1.165, 1.54) is 17.4 Å². The number of thioether (sulfide) groups is 1. The summed E-state index contributed by atoms with van der Waals surface area (Å²) in [5, 5.41) is 0. The molecule has 0 saturated heterocycles. The van der Waals surface area contributed by atoms with Crippen LogP contribution in [0.2, 0.25) is 0 Å². The van der Waals surface area contributed by atoms with Gasteiger partial charge in [0.05, 0.1) is 20.8 Å². The van der Waals surface area contributed by atoms with E-state index in [-0.39, 0.29) is 40.2 Å². The minimum absolute atomic E-state index is 0.0242. The van der Waals surface area contributed by atoms with E-state index in [1.807, 2.05) is 10.6 Å². The Labute approximate surface area is 239 Å². The lowest BCUT2D eigenvalue weighted by Crippen LogP contribution is -2.22. The fourth-order valence-corrected chi connectivity index (χ4v) is 6.94. The Bertz CT molecular complexity index is 1610. The van der Waals surface area contributed by atoms with Gasteiger partial charge >= 0.3 is 5.51 Å². The number of aromatic nitrogens is 2. The number of nitrogens with zero attached hydrogens (tertiary/aromatic N) is 2. The van der Waals surface area contributed by atoms with Crippen LogP contribution in [0.25, 0.3) is 22.4 Å². The molecule has 2 aromatic heterocycles. The van der Waals surface area contributed by atoms with Crippen LogP contribution in [0, 0.1) is 18.3 Å². The second kappa shape index (κ2) is 11.6. The van der Waals surface area contributed by atoms with E-state index >= 15 is 0 Å². The number of ketones is 2. The van der Waals surface area contributed by atoms with Gasteiger partial charge < -0.3 is 4.57 Å². The second-order valence-corrected chi connectivity index (χ2v) is 12.1. The smallest absolute Gasteiger partial charge is 0.321 e. The summed E-state index contributed by atoms with van der Waals surface area (Å²) >= 11 is 1.16. The Morgan fingerprint density at radius 2 is 1.93 bits per heavy atom. The third-order valence-electron chi connectivity index (χ3n) is 7.30. The number of imidazole rings is 1. The standard InChI is InChI=1S/C31H27F3N2O2S2/c1-3-22-13-15-29(39-22)27(38)17-19-8-7-9-21(16-19)36-25-14-12-20(26(37)4-2)18-24(25)35-30(36)23-10-5-6-11-28(23)40-31(32,33)34/h1,5-6,10-15,18-19,21H,4,7-9,16-17H2,2H3/t19-,21+/m1/s1. The van der Waals surface area contributed by atoms with Crippen LogP contribution < -0.4 is 0 Å². The Morgan fingerprint density at radius 1 is 1.12 bits per heavy atom. The van der Waals surface area contributed by atoms with Gasteiger partial charge in [-0.25, -0.2) is 4.98 Å². The Hall–Kier alpha value is -3.35. The maximum atomic E-state index is 13.5. The predicted molar refractivity (Wildman–Crippen MR) is 154 cm³/mol. The van der Waals surface area contributed by atoms with Crippen LogP contribution >= 0.6 is 23.1 Å². The number of thiophene rings is 1. The van der Waals surface area contributed by atoms with Crippen LogP contribution in [0.4, 0.5) is 13.2 Å². The van der Waals surface area contributed by atoms with Crippen molar-refractivity contribution >= 4 is 45.7 Å². The number of halogens is 3. The number of terminal acetylenes is 1. The number of carbonyl (C=O) groups excluding carboxylic acids is 2. The van der Waals surface area contributed by atoms with Crippen molar-refractivity contribution in [3.8, 4) is 23.7 Å². The lowest BCUT2D eigenvalue weighted by atomic mass is 9.82. The quantitative estimate of drug-likeness (QED) is 0.119. The molecule has 1 aliphatic rings. The first-order valence-electron chi connectivity index (χ1n) is 13.2. The van der Waals surface area contributed by atoms with Crippen LogP contribution in [0.3, 0.4) is 0 Å². The average Bonchev–Trinajstić information content (AvgIpc) is 3.57. The van der Waals surface area contributed by atoms with Crippen molar-refractivity contribution in [2.45, 2.75) is 61.9 Å². The molecule has 0 spiro atoms. The molecule has 4 aromatic rings. The maximum Gasteiger partial charge on any atom is 0.446 e. The average molecular weight is 581 g/mol. The summed E-state index contributed by atoms with van der Waals surface area (Å²) in [5.41, 5.74) is -2.20. The van der Waals surface area contributed by atoms with Crippen molar-refractivity contribution in [3.63, 3.8) is 0 Å². The molecule has 40 heavy (non-hydrogen) atoms. The summed E-state index contributed by atoms with van der Waals surface area (Å²) in [7, 11) is 0. The molecule has 206 valence electrons. The first kappa shape index (κ1) is 28.2. The fourth-order valence-electron chi connectivity index (χ4n) is 5.51. The first-order chi connectivity index (χ1) is 19.2. The molecule has 0 N–H and O–H groups in total. The van der Waals surface area contributed by atoms with Crippen LogP contribution in [0.15, 0.2) is 59.5 Å². The van der Waals surface area contributed by atoms with E-state index in [0.29, 0.717) is 46.6 Å². The van der Waals surface area contributed by atoms with E-state index < -0.39 is 5.51 Å². The van der Waals surface area contributed by atoms with Gasteiger partial charge in [-0.3, -0.25) is 9.59 Å². The summed E-state index contributed by atoms with van der Waals surface area (Å²) < 4.78 is 42.4. The van der Waals surface area contributed by atoms with E-state index in [4.69, 9.17) is 11.4 Å². The van der Waals surface area contributed by atoms with Crippen molar-refractivity contribution < 1.29 is 22.8 Å². The maximum absolute atomic E-state index is 13.5. The molecule has 2 atom stereocenters. The van der Waals surface area contributed by atoms with Crippen molar-refractivity contribution in [3.05, 3.63) is 69.9 Å². The molecule has 2 aromatic carbocycles. The number of hydrogen-bond donors (Lipinski definition) is 0. The zero-order valence-corrected chi connectivity index (χ0v) is 23.5. The van der Waals surface area contributed by atoms with Gasteiger partial charge in [0.2, 0.25) is 0 Å². The fraction of sp³-hybridized carbons (Fsp3) is 0.323. The molecule has 2 heterocycles. The van der Waals surface area contributed by atoms with Crippen LogP contribution in [-0.2, 0) is 0 Å². The van der Waals surface area contributed by atoms with Crippen LogP contribution in [0.1, 0.15) is 76.4 Å². The molecule has 0 unspecified atom stereocenters. The van der Waals surface area contributed by atoms with Gasteiger partial charge in [0.25, 0.3) is 0 Å². The third-order valence-corrected chi connectivity index (χ3v) is 9.17. The van der Waals surface area contributed by atoms with Crippen LogP contribution in [-0.4, -0.2) is 26.6 Å². The van der Waals surface area contributed by atoms with E-state index in [0.717, 1.165) is 29.7 Å². The summed E-state index contributed by atoms with van der Waals surface area (Å²) in [5.74, 6) is 3.16. The molecule has 4 nitrogen and oxygen atoms in total. The van der Waals surface area contributed by atoms with Crippen LogP contribution in [0.5, 0.6) is 0 Å². The molecular formula is C31H27F3N2O2S2. The first-order valence-corrected chi connectivity index (χ1v) is 14.8. The summed E-state index contributed by atoms with van der Waals surface area (Å²) in [4.78, 5) is 31.7. The summed E-state index contributed by atoms with van der Waals surface area (Å²) in [6.45, 7) is 1.79. The second-order valence-electron chi connectivity index (χ2n) is 9.95. The number of hydrogen-bond acceptors (Lipinski definition) is 5. The lowest BCUT2D eigenvalue weighted by molar-refractivity contribution is -0.0328. The topological polar surface area (TPSA) is 52.0 Å². The zero-order valence-electron chi connectivity index (χ0n) is 21.8. The van der Waals surface area contributed by atoms with Gasteiger partial charge in [-0.2, -0.15) is 13.2 Å². The minimum atomic E-state index is -4.45. The molecule has 0 amide bonds. The highest BCUT2D eigenvalue weighted by Crippen LogP contribution is 2.45. The van der Waals surface area contributed by atoms with E-state index in [1.54, 1.807) is 49.4 Å². The molecule has 1 saturated carbocycles. The zero-order chi connectivity index (χ0) is 28.4. The number of carbonyl (C=O) groups is 2. The summed E-state index contributed by atoms with van der Waals surface area (Å²) in [6.07, 6.45) is 9.48. The molecule has 5 rings (SSSR count). The molecular weight excluding hydrogens is 553 g/mol. The predicted octanol–water partition coefficient (Wildman–Crippen LogP) is 8.95. The molecule has 0 aliphatic heterocycles. The monoisotopic (exact) mass is 580 g/mol. The molecule has 0 bridgehead atoms. The highest BCUT2D eigenvalue weighted by atomic mass is 32.2. The SMILES string of the molecule is C#Cc1ccc(C(=O)C[C@@H]2CCC[C@H](n3c(-c4ccccc4SC(F)(F)F)nc4cc(C(=O)CC)ccc43)C2)s1. The Balaban J connectivity index is 1.54. The van der Waals surface area contributed by atoms with Gasteiger partial charge in [0.1, 0.15) is 5.82 Å².